The van der Waals surface area contributed by atoms with Crippen LogP contribution in [0.3, 0.4) is 0 Å². The highest BCUT2D eigenvalue weighted by Gasteiger charge is 2.13. The van der Waals surface area contributed by atoms with Gasteiger partial charge in [0.05, 0.1) is 12.7 Å². The van der Waals surface area contributed by atoms with Gasteiger partial charge in [-0.25, -0.2) is 9.67 Å². The van der Waals surface area contributed by atoms with E-state index in [4.69, 9.17) is 10.00 Å². The minimum absolute atomic E-state index is 0.0219. The number of rotatable bonds is 4. The van der Waals surface area contributed by atoms with E-state index in [0.717, 1.165) is 5.56 Å². The second-order valence-corrected chi connectivity index (χ2v) is 4.00. The summed E-state index contributed by atoms with van der Waals surface area (Å²) in [6, 6.07) is 7.18. The molecular formula is C13H12N4O2. The van der Waals surface area contributed by atoms with Crippen molar-refractivity contribution in [3.8, 4) is 11.8 Å². The van der Waals surface area contributed by atoms with Gasteiger partial charge in [-0.2, -0.15) is 5.26 Å². The molecule has 0 bridgehead atoms. The van der Waals surface area contributed by atoms with Crippen molar-refractivity contribution in [2.24, 2.45) is 0 Å². The lowest BCUT2D eigenvalue weighted by Gasteiger charge is -2.08. The number of ketones is 1. The highest BCUT2D eigenvalue weighted by molar-refractivity contribution is 5.98. The Kier molecular flexibility index (Phi) is 3.57. The number of nitrogens with zero attached hydrogens (tertiary/aromatic N) is 4. The third-order valence-electron chi connectivity index (χ3n) is 2.60. The van der Waals surface area contributed by atoms with Crippen LogP contribution in [0.25, 0.3) is 0 Å². The minimum atomic E-state index is -0.147. The first kappa shape index (κ1) is 12.8. The largest absolute Gasteiger partial charge is 0.496 e. The summed E-state index contributed by atoms with van der Waals surface area (Å²) >= 11 is 0. The first-order valence-electron chi connectivity index (χ1n) is 5.61. The van der Waals surface area contributed by atoms with Gasteiger partial charge in [0.25, 0.3) is 5.82 Å². The number of Topliss-reactive ketones (excluding diaryl/α,β-unsaturated/α-hetero) is 1. The number of hydrogen-bond acceptors (Lipinski definition) is 5. The molecule has 2 rings (SSSR count). The molecule has 0 saturated carbocycles. The number of aromatic nitrogens is 3. The first-order chi connectivity index (χ1) is 9.13. The van der Waals surface area contributed by atoms with E-state index in [2.05, 4.69) is 10.1 Å². The predicted octanol–water partition coefficient (Wildman–Crippen LogP) is 1.35. The quantitative estimate of drug-likeness (QED) is 0.771. The molecule has 2 aromatic rings. The van der Waals surface area contributed by atoms with Crippen LogP contribution in [0.4, 0.5) is 0 Å². The predicted molar refractivity (Wildman–Crippen MR) is 66.8 cm³/mol. The van der Waals surface area contributed by atoms with Crippen LogP contribution in [0.2, 0.25) is 0 Å². The van der Waals surface area contributed by atoms with Crippen molar-refractivity contribution in [2.45, 2.75) is 13.5 Å². The Labute approximate surface area is 110 Å². The van der Waals surface area contributed by atoms with E-state index in [1.807, 2.05) is 19.1 Å². The average Bonchev–Trinajstić information content (AvgIpc) is 2.86. The normalized spacial score (nSPS) is 9.95. The van der Waals surface area contributed by atoms with Gasteiger partial charge in [0.2, 0.25) is 0 Å². The fourth-order valence-corrected chi connectivity index (χ4v) is 1.68. The van der Waals surface area contributed by atoms with Crippen molar-refractivity contribution in [1.82, 2.24) is 14.8 Å². The summed E-state index contributed by atoms with van der Waals surface area (Å²) in [5.74, 6) is 0.431. The lowest BCUT2D eigenvalue weighted by molar-refractivity contribution is 0.0964. The Hall–Kier alpha value is -2.68. The molecule has 19 heavy (non-hydrogen) atoms. The molecular weight excluding hydrogens is 244 g/mol. The van der Waals surface area contributed by atoms with Gasteiger partial charge in [0.1, 0.15) is 24.7 Å². The Morgan fingerprint density at radius 1 is 1.53 bits per heavy atom. The Balaban J connectivity index is 2.22. The van der Waals surface area contributed by atoms with Crippen molar-refractivity contribution >= 4 is 5.78 Å². The van der Waals surface area contributed by atoms with E-state index >= 15 is 0 Å². The third kappa shape index (κ3) is 2.77. The molecule has 0 spiro atoms. The van der Waals surface area contributed by atoms with Gasteiger partial charge in [-0.1, -0.05) is 6.07 Å². The van der Waals surface area contributed by atoms with E-state index in [9.17, 15) is 4.79 Å². The summed E-state index contributed by atoms with van der Waals surface area (Å²) in [7, 11) is 1.52. The molecule has 6 heteroatoms. The standard InChI is InChI=1S/C13H12N4O2/c1-9-3-4-10(12(5-9)19-2)11(18)7-17-8-15-13(6-14)16-17/h3-5,8H,7H2,1-2H3. The molecule has 0 radical (unpaired) electrons. The second-order valence-electron chi connectivity index (χ2n) is 4.00. The van der Waals surface area contributed by atoms with Crippen LogP contribution in [-0.2, 0) is 6.54 Å². The van der Waals surface area contributed by atoms with Gasteiger partial charge >= 0.3 is 0 Å². The Morgan fingerprint density at radius 2 is 2.32 bits per heavy atom. The summed E-state index contributed by atoms with van der Waals surface area (Å²) < 4.78 is 6.53. The number of hydrogen-bond donors (Lipinski definition) is 0. The minimum Gasteiger partial charge on any atom is -0.496 e. The van der Waals surface area contributed by atoms with Gasteiger partial charge in [0.15, 0.2) is 5.78 Å². The van der Waals surface area contributed by atoms with Crippen molar-refractivity contribution in [3.05, 3.63) is 41.5 Å². The molecule has 0 amide bonds. The van der Waals surface area contributed by atoms with Crippen molar-refractivity contribution in [2.75, 3.05) is 7.11 Å². The first-order valence-corrected chi connectivity index (χ1v) is 5.61. The lowest BCUT2D eigenvalue weighted by Crippen LogP contribution is -2.12. The van der Waals surface area contributed by atoms with E-state index in [1.54, 1.807) is 12.1 Å². The molecule has 0 N–H and O–H groups in total. The molecule has 0 unspecified atom stereocenters. The van der Waals surface area contributed by atoms with Gasteiger partial charge < -0.3 is 4.74 Å². The number of aryl methyl sites for hydroxylation is 1. The zero-order valence-corrected chi connectivity index (χ0v) is 10.6. The van der Waals surface area contributed by atoms with Crippen LogP contribution < -0.4 is 4.74 Å². The van der Waals surface area contributed by atoms with Gasteiger partial charge in [-0.15, -0.1) is 5.10 Å². The van der Waals surface area contributed by atoms with Crippen LogP contribution in [-0.4, -0.2) is 27.7 Å². The monoisotopic (exact) mass is 256 g/mol. The van der Waals surface area contributed by atoms with Crippen LogP contribution in [0, 0.1) is 18.3 Å². The lowest BCUT2D eigenvalue weighted by atomic mass is 10.1. The number of methoxy groups -OCH3 is 1. The molecule has 0 atom stereocenters. The van der Waals surface area contributed by atoms with Crippen molar-refractivity contribution in [1.29, 1.82) is 5.26 Å². The topological polar surface area (TPSA) is 80.8 Å². The fourth-order valence-electron chi connectivity index (χ4n) is 1.68. The number of nitriles is 1. The number of carbonyl (C=O) groups is 1. The van der Waals surface area contributed by atoms with E-state index in [-0.39, 0.29) is 18.2 Å². The molecule has 1 aromatic carbocycles. The van der Waals surface area contributed by atoms with Crippen LogP contribution in [0.5, 0.6) is 5.75 Å². The Bertz CT molecular complexity index is 655. The molecule has 1 aromatic heterocycles. The molecule has 6 nitrogen and oxygen atoms in total. The third-order valence-corrected chi connectivity index (χ3v) is 2.60. The summed E-state index contributed by atoms with van der Waals surface area (Å²) in [5.41, 5.74) is 1.50. The summed E-state index contributed by atoms with van der Waals surface area (Å²) in [6.07, 6.45) is 1.36. The maximum absolute atomic E-state index is 12.2. The summed E-state index contributed by atoms with van der Waals surface area (Å²) in [4.78, 5) is 15.9. The molecule has 0 fully saturated rings. The fraction of sp³-hybridized carbons (Fsp3) is 0.231. The average molecular weight is 256 g/mol. The van der Waals surface area contributed by atoms with Crippen LogP contribution in [0.15, 0.2) is 24.5 Å². The van der Waals surface area contributed by atoms with Crippen LogP contribution >= 0.6 is 0 Å². The Morgan fingerprint density at radius 3 is 2.95 bits per heavy atom. The maximum atomic E-state index is 12.2. The van der Waals surface area contributed by atoms with Gasteiger partial charge in [-0.3, -0.25) is 4.79 Å². The van der Waals surface area contributed by atoms with Gasteiger partial charge in [0, 0.05) is 0 Å². The van der Waals surface area contributed by atoms with Crippen molar-refractivity contribution in [3.63, 3.8) is 0 Å². The summed E-state index contributed by atoms with van der Waals surface area (Å²) in [5, 5.41) is 12.5. The van der Waals surface area contributed by atoms with Crippen LogP contribution in [0.1, 0.15) is 21.7 Å². The molecule has 0 aliphatic heterocycles. The van der Waals surface area contributed by atoms with Crippen molar-refractivity contribution < 1.29 is 9.53 Å². The molecule has 1 heterocycles. The SMILES string of the molecule is COc1cc(C)ccc1C(=O)Cn1cnc(C#N)n1. The molecule has 0 aliphatic rings. The second kappa shape index (κ2) is 5.31. The van der Waals surface area contributed by atoms with E-state index in [0.29, 0.717) is 11.3 Å². The maximum Gasteiger partial charge on any atom is 0.252 e. The number of carbonyl (C=O) groups excluding carboxylic acids is 1. The zero-order chi connectivity index (χ0) is 13.8. The molecule has 96 valence electrons. The summed E-state index contributed by atoms with van der Waals surface area (Å²) in [6.45, 7) is 1.95. The number of ether oxygens (including phenoxy) is 1. The smallest absolute Gasteiger partial charge is 0.252 e. The number of benzene rings is 1. The zero-order valence-electron chi connectivity index (χ0n) is 10.6. The van der Waals surface area contributed by atoms with Gasteiger partial charge in [-0.05, 0) is 24.6 Å². The highest BCUT2D eigenvalue weighted by atomic mass is 16.5. The van der Waals surface area contributed by atoms with E-state index < -0.39 is 0 Å². The molecule has 0 aliphatic carbocycles. The van der Waals surface area contributed by atoms with E-state index in [1.165, 1.54) is 18.1 Å². The highest BCUT2D eigenvalue weighted by Crippen LogP contribution is 2.20. The molecule has 0 saturated heterocycles.